The highest BCUT2D eigenvalue weighted by Gasteiger charge is 2.17. The third kappa shape index (κ3) is 2.16. The van der Waals surface area contributed by atoms with E-state index in [2.05, 4.69) is 5.48 Å². The molecule has 0 aliphatic carbocycles. The summed E-state index contributed by atoms with van der Waals surface area (Å²) in [6, 6.07) is 4.83. The molecule has 5 heteroatoms. The molecule has 0 saturated heterocycles. The average molecular weight is 253 g/mol. The Morgan fingerprint density at radius 2 is 2.29 bits per heavy atom. The number of rotatable bonds is 3. The number of nitrogens with one attached hydrogen (secondary N) is 1. The molecule has 0 saturated carbocycles. The van der Waals surface area contributed by atoms with Crippen molar-refractivity contribution in [2.24, 2.45) is 0 Å². The van der Waals surface area contributed by atoms with Gasteiger partial charge in [-0.2, -0.15) is 0 Å². The van der Waals surface area contributed by atoms with Crippen molar-refractivity contribution < 1.29 is 14.0 Å². The molecule has 0 spiro atoms. The first-order valence-electron chi connectivity index (χ1n) is 5.25. The van der Waals surface area contributed by atoms with Crippen molar-refractivity contribution in [1.82, 2.24) is 5.48 Å². The Balaban J connectivity index is 2.46. The normalized spacial score (nSPS) is 10.8. The van der Waals surface area contributed by atoms with Gasteiger partial charge in [-0.15, -0.1) is 11.3 Å². The lowest BCUT2D eigenvalue weighted by Crippen LogP contribution is -2.23. The molecule has 1 amide bonds. The molecule has 0 fully saturated rings. The first kappa shape index (κ1) is 12.0. The summed E-state index contributed by atoms with van der Waals surface area (Å²) in [7, 11) is 0. The Kier molecular flexibility index (Phi) is 3.40. The lowest BCUT2D eigenvalue weighted by molar-refractivity contribution is 0.0368. The highest BCUT2D eigenvalue weighted by Crippen LogP contribution is 2.32. The highest BCUT2D eigenvalue weighted by atomic mass is 32.1. The van der Waals surface area contributed by atoms with E-state index in [1.165, 1.54) is 17.4 Å². The summed E-state index contributed by atoms with van der Waals surface area (Å²) in [5, 5.41) is 0.513. The molecule has 1 aromatic carbocycles. The van der Waals surface area contributed by atoms with Gasteiger partial charge in [0, 0.05) is 10.1 Å². The monoisotopic (exact) mass is 253 g/mol. The van der Waals surface area contributed by atoms with Gasteiger partial charge in [0.15, 0.2) is 0 Å². The number of amides is 1. The first-order chi connectivity index (χ1) is 8.15. The molecule has 17 heavy (non-hydrogen) atoms. The molecule has 90 valence electrons. The van der Waals surface area contributed by atoms with Crippen LogP contribution < -0.4 is 5.48 Å². The van der Waals surface area contributed by atoms with Crippen molar-refractivity contribution >= 4 is 27.3 Å². The summed E-state index contributed by atoms with van der Waals surface area (Å²) in [6.45, 7) is 3.91. The van der Waals surface area contributed by atoms with E-state index in [1.807, 2.05) is 0 Å². The summed E-state index contributed by atoms with van der Waals surface area (Å²) in [5.41, 5.74) is 2.97. The number of benzene rings is 1. The van der Waals surface area contributed by atoms with Crippen molar-refractivity contribution in [3.05, 3.63) is 34.5 Å². The Morgan fingerprint density at radius 3 is 2.94 bits per heavy atom. The number of thiophene rings is 1. The first-order valence-corrected chi connectivity index (χ1v) is 6.06. The van der Waals surface area contributed by atoms with Gasteiger partial charge < -0.3 is 0 Å². The Bertz CT molecular complexity index is 565. The van der Waals surface area contributed by atoms with Gasteiger partial charge in [-0.3, -0.25) is 9.63 Å². The molecule has 1 N–H and O–H groups in total. The van der Waals surface area contributed by atoms with Crippen molar-refractivity contribution in [2.75, 3.05) is 6.61 Å². The molecular weight excluding hydrogens is 241 g/mol. The zero-order valence-corrected chi connectivity index (χ0v) is 10.4. The SMILES string of the molecule is CCONC(=O)c1sc2cccc(F)c2c1C. The summed E-state index contributed by atoms with van der Waals surface area (Å²) in [6.07, 6.45) is 0. The van der Waals surface area contributed by atoms with Gasteiger partial charge in [-0.1, -0.05) is 6.07 Å². The summed E-state index contributed by atoms with van der Waals surface area (Å²) >= 11 is 1.26. The van der Waals surface area contributed by atoms with E-state index in [-0.39, 0.29) is 11.7 Å². The molecule has 1 heterocycles. The number of hydrogen-bond donors (Lipinski definition) is 1. The maximum Gasteiger partial charge on any atom is 0.285 e. The van der Waals surface area contributed by atoms with E-state index in [1.54, 1.807) is 26.0 Å². The van der Waals surface area contributed by atoms with Crippen molar-refractivity contribution in [2.45, 2.75) is 13.8 Å². The number of hydroxylamine groups is 1. The number of carbonyl (C=O) groups excluding carboxylic acids is 1. The Labute approximate surface area is 102 Å². The largest absolute Gasteiger partial charge is 0.285 e. The smallest absolute Gasteiger partial charge is 0.274 e. The third-order valence-corrected chi connectivity index (χ3v) is 3.67. The number of halogens is 1. The van der Waals surface area contributed by atoms with Gasteiger partial charge >= 0.3 is 0 Å². The van der Waals surface area contributed by atoms with Crippen LogP contribution in [0.15, 0.2) is 18.2 Å². The zero-order chi connectivity index (χ0) is 12.4. The molecule has 0 aliphatic rings. The fourth-order valence-corrected chi connectivity index (χ4v) is 2.76. The van der Waals surface area contributed by atoms with Gasteiger partial charge in [0.1, 0.15) is 5.82 Å². The van der Waals surface area contributed by atoms with E-state index in [0.29, 0.717) is 22.4 Å². The second kappa shape index (κ2) is 4.81. The van der Waals surface area contributed by atoms with Crippen LogP contribution in [-0.2, 0) is 4.84 Å². The van der Waals surface area contributed by atoms with Gasteiger partial charge in [0.2, 0.25) is 0 Å². The minimum Gasteiger partial charge on any atom is -0.274 e. The third-order valence-electron chi connectivity index (χ3n) is 2.42. The highest BCUT2D eigenvalue weighted by molar-refractivity contribution is 7.21. The topological polar surface area (TPSA) is 38.3 Å². The molecule has 2 aromatic rings. The van der Waals surface area contributed by atoms with Crippen LogP contribution in [0, 0.1) is 12.7 Å². The van der Waals surface area contributed by atoms with Crippen LogP contribution in [0.5, 0.6) is 0 Å². The van der Waals surface area contributed by atoms with Crippen LogP contribution in [0.1, 0.15) is 22.2 Å². The molecule has 0 bridgehead atoms. The molecule has 0 aliphatic heterocycles. The lowest BCUT2D eigenvalue weighted by atomic mass is 10.1. The number of hydrogen-bond acceptors (Lipinski definition) is 3. The van der Waals surface area contributed by atoms with Crippen molar-refractivity contribution in [3.8, 4) is 0 Å². The zero-order valence-electron chi connectivity index (χ0n) is 9.54. The molecule has 3 nitrogen and oxygen atoms in total. The Hall–Kier alpha value is -1.46. The van der Waals surface area contributed by atoms with Gasteiger partial charge in [-0.05, 0) is 31.5 Å². The standard InChI is InChI=1S/C12H12FNO2S/c1-3-16-14-12(15)11-7(2)10-8(13)5-4-6-9(10)17-11/h4-6H,3H2,1-2H3,(H,14,15). The van der Waals surface area contributed by atoms with Crippen LogP contribution in [-0.4, -0.2) is 12.5 Å². The van der Waals surface area contributed by atoms with Gasteiger partial charge in [0.05, 0.1) is 11.5 Å². The minimum absolute atomic E-state index is 0.299. The van der Waals surface area contributed by atoms with Crippen LogP contribution in [0.25, 0.3) is 10.1 Å². The Morgan fingerprint density at radius 1 is 1.53 bits per heavy atom. The van der Waals surface area contributed by atoms with E-state index < -0.39 is 0 Å². The molecule has 0 unspecified atom stereocenters. The van der Waals surface area contributed by atoms with Crippen LogP contribution >= 0.6 is 11.3 Å². The fourth-order valence-electron chi connectivity index (χ4n) is 1.65. The average Bonchev–Trinajstić information content (AvgIpc) is 2.65. The molecule has 2 rings (SSSR count). The maximum absolute atomic E-state index is 13.6. The van der Waals surface area contributed by atoms with E-state index in [0.717, 1.165) is 4.70 Å². The van der Waals surface area contributed by atoms with Crippen molar-refractivity contribution in [3.63, 3.8) is 0 Å². The summed E-state index contributed by atoms with van der Waals surface area (Å²) in [4.78, 5) is 17.1. The number of fused-ring (bicyclic) bond motifs is 1. The predicted octanol–water partition coefficient (Wildman–Crippen LogP) is 3.03. The quantitative estimate of drug-likeness (QED) is 0.854. The van der Waals surface area contributed by atoms with E-state index in [4.69, 9.17) is 4.84 Å². The van der Waals surface area contributed by atoms with Gasteiger partial charge in [0.25, 0.3) is 5.91 Å². The van der Waals surface area contributed by atoms with Crippen LogP contribution in [0.3, 0.4) is 0 Å². The van der Waals surface area contributed by atoms with Crippen molar-refractivity contribution in [1.29, 1.82) is 0 Å². The number of carbonyl (C=O) groups is 1. The molecule has 0 atom stereocenters. The van der Waals surface area contributed by atoms with Crippen LogP contribution in [0.2, 0.25) is 0 Å². The summed E-state index contributed by atoms with van der Waals surface area (Å²) < 4.78 is 14.4. The van der Waals surface area contributed by atoms with Gasteiger partial charge in [-0.25, -0.2) is 9.87 Å². The molecule has 1 aromatic heterocycles. The second-order valence-corrected chi connectivity index (χ2v) is 4.59. The molecule has 0 radical (unpaired) electrons. The lowest BCUT2D eigenvalue weighted by Gasteiger charge is -2.02. The predicted molar refractivity (Wildman–Crippen MR) is 65.6 cm³/mol. The van der Waals surface area contributed by atoms with Crippen LogP contribution in [0.4, 0.5) is 4.39 Å². The number of aryl methyl sites for hydroxylation is 1. The summed E-state index contributed by atoms with van der Waals surface area (Å²) in [5.74, 6) is -0.628. The van der Waals surface area contributed by atoms with E-state index >= 15 is 0 Å². The molecular formula is C12H12FNO2S. The van der Waals surface area contributed by atoms with E-state index in [9.17, 15) is 9.18 Å². The fraction of sp³-hybridized carbons (Fsp3) is 0.250. The maximum atomic E-state index is 13.6. The second-order valence-electron chi connectivity index (χ2n) is 3.53. The minimum atomic E-state index is -0.329.